The Bertz CT molecular complexity index is 617. The van der Waals surface area contributed by atoms with Crippen molar-refractivity contribution in [3.63, 3.8) is 0 Å². The van der Waals surface area contributed by atoms with Crippen molar-refractivity contribution in [2.45, 2.75) is 57.9 Å². The maximum Gasteiger partial charge on any atom is 0.290 e. The molecule has 0 spiro atoms. The first-order chi connectivity index (χ1) is 14.5. The van der Waals surface area contributed by atoms with Gasteiger partial charge >= 0.3 is 0 Å². The van der Waals surface area contributed by atoms with Gasteiger partial charge in [-0.1, -0.05) is 19.3 Å². The van der Waals surface area contributed by atoms with Gasteiger partial charge in [0.25, 0.3) is 12.9 Å². The molecule has 0 aromatic carbocycles. The fraction of sp³-hybridized carbons (Fsp3) is 0.714. The highest BCUT2D eigenvalue weighted by atomic mass is 16.3. The van der Waals surface area contributed by atoms with Crippen LogP contribution in [-0.4, -0.2) is 77.8 Å². The minimum atomic E-state index is -0.250. The van der Waals surface area contributed by atoms with Crippen LogP contribution in [0.2, 0.25) is 0 Å². The first-order valence-electron chi connectivity index (χ1n) is 10.6. The summed E-state index contributed by atoms with van der Waals surface area (Å²) in [6.07, 6.45) is 11.7. The van der Waals surface area contributed by atoms with E-state index >= 15 is 0 Å². The highest BCUT2D eigenvalue weighted by molar-refractivity contribution is 5.47. The van der Waals surface area contributed by atoms with Gasteiger partial charge in [-0.05, 0) is 45.1 Å². The number of aromatic nitrogens is 2. The molecule has 9 nitrogen and oxygen atoms in total. The first-order valence-corrected chi connectivity index (χ1v) is 10.6. The van der Waals surface area contributed by atoms with Crippen LogP contribution in [0.3, 0.4) is 0 Å². The summed E-state index contributed by atoms with van der Waals surface area (Å²) in [5.41, 5.74) is 1.12. The number of rotatable bonds is 5. The third-order valence-corrected chi connectivity index (χ3v) is 5.56. The highest BCUT2D eigenvalue weighted by Gasteiger charge is 2.26. The molecule has 1 aromatic rings. The summed E-state index contributed by atoms with van der Waals surface area (Å²) in [6, 6.07) is 0.845. The molecule has 1 aliphatic carbocycles. The minimum Gasteiger partial charge on any atom is -0.483 e. The third kappa shape index (κ3) is 8.94. The number of piperidine rings is 1. The Morgan fingerprint density at radius 1 is 1.13 bits per heavy atom. The van der Waals surface area contributed by atoms with E-state index in [1.807, 2.05) is 25.2 Å². The van der Waals surface area contributed by atoms with Gasteiger partial charge in [0.2, 0.25) is 5.95 Å². The van der Waals surface area contributed by atoms with Crippen LogP contribution in [0.1, 0.15) is 50.5 Å². The molecule has 30 heavy (non-hydrogen) atoms. The average molecular weight is 424 g/mol. The number of hydrogen-bond donors (Lipinski definition) is 3. The van der Waals surface area contributed by atoms with Crippen LogP contribution >= 0.6 is 0 Å². The van der Waals surface area contributed by atoms with Crippen molar-refractivity contribution in [3.05, 3.63) is 11.8 Å². The van der Waals surface area contributed by atoms with Gasteiger partial charge in [-0.25, -0.2) is 4.98 Å². The summed E-state index contributed by atoms with van der Waals surface area (Å²) in [4.78, 5) is 30.6. The predicted octanol–water partition coefficient (Wildman–Crippen LogP) is 2.71. The molecule has 0 radical (unpaired) electrons. The SMILES string of the molecule is Cc1cnc(NCC2CCCN(C3CCCCC3)C2)nc1N(C)C.O=CO.O=CO. The van der Waals surface area contributed by atoms with E-state index in [-0.39, 0.29) is 12.9 Å². The van der Waals surface area contributed by atoms with E-state index in [2.05, 4.69) is 27.1 Å². The summed E-state index contributed by atoms with van der Waals surface area (Å²) in [7, 11) is 4.06. The zero-order chi connectivity index (χ0) is 22.4. The Hall–Kier alpha value is -2.42. The van der Waals surface area contributed by atoms with E-state index in [1.165, 1.54) is 58.0 Å². The molecule has 1 atom stereocenters. The molecule has 3 N–H and O–H groups in total. The van der Waals surface area contributed by atoms with E-state index in [4.69, 9.17) is 19.8 Å². The normalized spacial score (nSPS) is 19.4. The lowest BCUT2D eigenvalue weighted by molar-refractivity contribution is -0.123. The number of carbonyl (C=O) groups is 2. The monoisotopic (exact) mass is 423 g/mol. The predicted molar refractivity (Wildman–Crippen MR) is 118 cm³/mol. The maximum atomic E-state index is 8.36. The third-order valence-electron chi connectivity index (χ3n) is 5.56. The number of nitrogens with zero attached hydrogens (tertiary/aromatic N) is 4. The quantitative estimate of drug-likeness (QED) is 0.614. The van der Waals surface area contributed by atoms with Crippen LogP contribution in [0.15, 0.2) is 6.20 Å². The van der Waals surface area contributed by atoms with Gasteiger partial charge in [-0.15, -0.1) is 0 Å². The van der Waals surface area contributed by atoms with Gasteiger partial charge in [-0.3, -0.25) is 9.59 Å². The molecule has 1 aliphatic heterocycles. The highest BCUT2D eigenvalue weighted by Crippen LogP contribution is 2.27. The second-order valence-electron chi connectivity index (χ2n) is 7.98. The summed E-state index contributed by atoms with van der Waals surface area (Å²) in [5, 5.41) is 17.3. The van der Waals surface area contributed by atoms with Crippen molar-refractivity contribution in [1.29, 1.82) is 0 Å². The Morgan fingerprint density at radius 3 is 2.37 bits per heavy atom. The number of aryl methyl sites for hydroxylation is 1. The topological polar surface area (TPSA) is 119 Å². The molecular formula is C21H37N5O4. The van der Waals surface area contributed by atoms with Crippen LogP contribution in [0, 0.1) is 12.8 Å². The van der Waals surface area contributed by atoms with Gasteiger partial charge < -0.3 is 25.3 Å². The summed E-state index contributed by atoms with van der Waals surface area (Å²) < 4.78 is 0. The molecule has 2 heterocycles. The maximum absolute atomic E-state index is 8.36. The average Bonchev–Trinajstić information content (AvgIpc) is 2.75. The summed E-state index contributed by atoms with van der Waals surface area (Å²) >= 11 is 0. The molecule has 9 heteroatoms. The first kappa shape index (κ1) is 25.6. The van der Waals surface area contributed by atoms with Crippen molar-refractivity contribution in [2.75, 3.05) is 43.9 Å². The Morgan fingerprint density at radius 2 is 1.77 bits per heavy atom. The van der Waals surface area contributed by atoms with Gasteiger partial charge in [0.15, 0.2) is 0 Å². The number of nitrogens with one attached hydrogen (secondary N) is 1. The molecular weight excluding hydrogens is 386 g/mol. The number of anilines is 2. The van der Waals surface area contributed by atoms with Gasteiger partial charge in [0.1, 0.15) is 5.82 Å². The van der Waals surface area contributed by atoms with Crippen molar-refractivity contribution in [2.24, 2.45) is 5.92 Å². The number of likely N-dealkylation sites (tertiary alicyclic amines) is 1. The summed E-state index contributed by atoms with van der Waals surface area (Å²) in [5.74, 6) is 2.48. The standard InChI is InChI=1S/C19H33N5.2CH2O2/c1-15-12-20-19(22-18(15)23(2)3)21-13-16-8-7-11-24(14-16)17-9-5-4-6-10-17;2*2-1-3/h12,16-17H,4-11,13-14H2,1-3H3,(H,20,21,22);2*1H,(H,2,3). The van der Waals surface area contributed by atoms with Crippen LogP contribution in [0.25, 0.3) is 0 Å². The fourth-order valence-corrected chi connectivity index (χ4v) is 4.25. The van der Waals surface area contributed by atoms with Crippen LogP contribution < -0.4 is 10.2 Å². The molecule has 1 saturated carbocycles. The molecule has 0 bridgehead atoms. The largest absolute Gasteiger partial charge is 0.483 e. The van der Waals surface area contributed by atoms with E-state index < -0.39 is 0 Å². The Balaban J connectivity index is 0.000000672. The van der Waals surface area contributed by atoms with Gasteiger partial charge in [0, 0.05) is 45.0 Å². The lowest BCUT2D eigenvalue weighted by Gasteiger charge is -2.40. The van der Waals surface area contributed by atoms with Crippen molar-refractivity contribution in [3.8, 4) is 0 Å². The zero-order valence-electron chi connectivity index (χ0n) is 18.5. The molecule has 0 amide bonds. The molecule has 1 unspecified atom stereocenters. The number of carboxylic acid groups (broad SMARTS) is 2. The fourth-order valence-electron chi connectivity index (χ4n) is 4.25. The second-order valence-corrected chi connectivity index (χ2v) is 7.98. The molecule has 2 fully saturated rings. The zero-order valence-corrected chi connectivity index (χ0v) is 18.5. The molecule has 170 valence electrons. The van der Waals surface area contributed by atoms with E-state index in [0.717, 1.165) is 29.9 Å². The molecule has 1 aromatic heterocycles. The molecule has 2 aliphatic rings. The van der Waals surface area contributed by atoms with Crippen LogP contribution in [0.4, 0.5) is 11.8 Å². The lowest BCUT2D eigenvalue weighted by Crippen LogP contribution is -2.45. The minimum absolute atomic E-state index is 0.250. The van der Waals surface area contributed by atoms with Gasteiger partial charge in [-0.2, -0.15) is 4.98 Å². The van der Waals surface area contributed by atoms with E-state index in [9.17, 15) is 0 Å². The van der Waals surface area contributed by atoms with Crippen LogP contribution in [0.5, 0.6) is 0 Å². The molecule has 1 saturated heterocycles. The van der Waals surface area contributed by atoms with Crippen LogP contribution in [-0.2, 0) is 9.59 Å². The van der Waals surface area contributed by atoms with Crippen molar-refractivity contribution in [1.82, 2.24) is 14.9 Å². The Kier molecular flexibility index (Phi) is 12.4. The summed E-state index contributed by atoms with van der Waals surface area (Å²) in [6.45, 7) is 5.08. The van der Waals surface area contributed by atoms with E-state index in [1.54, 1.807) is 0 Å². The van der Waals surface area contributed by atoms with E-state index in [0.29, 0.717) is 5.92 Å². The second kappa shape index (κ2) is 14.5. The smallest absolute Gasteiger partial charge is 0.290 e. The lowest BCUT2D eigenvalue weighted by atomic mass is 9.90. The Labute approximate surface area is 179 Å². The van der Waals surface area contributed by atoms with Crippen molar-refractivity contribution >= 4 is 24.7 Å². The van der Waals surface area contributed by atoms with Crippen molar-refractivity contribution < 1.29 is 19.8 Å². The molecule has 3 rings (SSSR count). The number of hydrogen-bond acceptors (Lipinski definition) is 7. The van der Waals surface area contributed by atoms with Gasteiger partial charge in [0.05, 0.1) is 0 Å².